The minimum atomic E-state index is 0.681. The zero-order valence-corrected chi connectivity index (χ0v) is 12.5. The lowest BCUT2D eigenvalue weighted by Gasteiger charge is -2.27. The zero-order valence-electron chi connectivity index (χ0n) is 11.7. The van der Waals surface area contributed by atoms with Gasteiger partial charge in [-0.1, -0.05) is 26.3 Å². The molecule has 2 unspecified atom stereocenters. The maximum atomic E-state index is 3.72. The van der Waals surface area contributed by atoms with Crippen molar-refractivity contribution in [2.45, 2.75) is 39.2 Å². The summed E-state index contributed by atoms with van der Waals surface area (Å²) in [6.45, 7) is 9.55. The van der Waals surface area contributed by atoms with E-state index >= 15 is 0 Å². The molecule has 2 rings (SSSR count). The van der Waals surface area contributed by atoms with Crippen molar-refractivity contribution in [2.75, 3.05) is 26.2 Å². The van der Waals surface area contributed by atoms with Crippen molar-refractivity contribution >= 4 is 11.3 Å². The number of hydrogen-bond acceptors (Lipinski definition) is 3. The first kappa shape index (κ1) is 14.0. The molecule has 0 amide bonds. The number of thiophene rings is 1. The first-order valence-electron chi connectivity index (χ1n) is 7.27. The van der Waals surface area contributed by atoms with E-state index in [1.807, 2.05) is 11.3 Å². The Morgan fingerprint density at radius 2 is 2.44 bits per heavy atom. The average Bonchev–Trinajstić information content (AvgIpc) is 2.80. The molecular weight excluding hydrogens is 240 g/mol. The van der Waals surface area contributed by atoms with Crippen molar-refractivity contribution in [3.05, 3.63) is 22.4 Å². The van der Waals surface area contributed by atoms with Crippen LogP contribution >= 0.6 is 11.3 Å². The molecule has 0 saturated carbocycles. The standard InChI is InChI=1S/C15H26N2S/c1-3-13(2)15-12-17(9-5-8-16-15)10-7-14-6-4-11-18-14/h4,6,11,13,15-16H,3,5,7-10,12H2,1-2H3. The summed E-state index contributed by atoms with van der Waals surface area (Å²) in [6, 6.07) is 5.10. The Morgan fingerprint density at radius 1 is 1.56 bits per heavy atom. The van der Waals surface area contributed by atoms with Crippen LogP contribution in [-0.4, -0.2) is 37.1 Å². The van der Waals surface area contributed by atoms with E-state index in [0.29, 0.717) is 6.04 Å². The molecule has 0 spiro atoms. The zero-order chi connectivity index (χ0) is 12.8. The number of nitrogens with one attached hydrogen (secondary N) is 1. The topological polar surface area (TPSA) is 15.3 Å². The average molecular weight is 266 g/mol. The first-order chi connectivity index (χ1) is 8.79. The molecule has 0 bridgehead atoms. The Morgan fingerprint density at radius 3 is 3.17 bits per heavy atom. The van der Waals surface area contributed by atoms with Crippen molar-refractivity contribution in [1.29, 1.82) is 0 Å². The molecule has 1 aliphatic rings. The fraction of sp³-hybridized carbons (Fsp3) is 0.733. The van der Waals surface area contributed by atoms with Gasteiger partial charge in [-0.2, -0.15) is 0 Å². The Labute approximate surface area is 115 Å². The molecule has 1 fully saturated rings. The number of hydrogen-bond donors (Lipinski definition) is 1. The summed E-state index contributed by atoms with van der Waals surface area (Å²) in [5.74, 6) is 0.785. The van der Waals surface area contributed by atoms with Crippen LogP contribution in [0.4, 0.5) is 0 Å². The maximum Gasteiger partial charge on any atom is 0.0220 e. The summed E-state index contributed by atoms with van der Waals surface area (Å²) < 4.78 is 0. The minimum absolute atomic E-state index is 0.681. The van der Waals surface area contributed by atoms with Gasteiger partial charge in [-0.05, 0) is 43.3 Å². The van der Waals surface area contributed by atoms with Crippen molar-refractivity contribution < 1.29 is 0 Å². The molecule has 2 heterocycles. The van der Waals surface area contributed by atoms with Crippen molar-refractivity contribution in [3.63, 3.8) is 0 Å². The fourth-order valence-electron chi connectivity index (χ4n) is 2.62. The first-order valence-corrected chi connectivity index (χ1v) is 8.15. The minimum Gasteiger partial charge on any atom is -0.312 e. The largest absolute Gasteiger partial charge is 0.312 e. The Bertz CT molecular complexity index is 323. The van der Waals surface area contributed by atoms with Gasteiger partial charge in [0.1, 0.15) is 0 Å². The van der Waals surface area contributed by atoms with Gasteiger partial charge in [0, 0.05) is 24.0 Å². The van der Waals surface area contributed by atoms with E-state index in [2.05, 4.69) is 41.6 Å². The van der Waals surface area contributed by atoms with Crippen LogP contribution in [0, 0.1) is 5.92 Å². The monoisotopic (exact) mass is 266 g/mol. The van der Waals surface area contributed by atoms with Crippen LogP contribution in [0.15, 0.2) is 17.5 Å². The lowest BCUT2D eigenvalue weighted by molar-refractivity contribution is 0.241. The summed E-state index contributed by atoms with van der Waals surface area (Å²) in [5.41, 5.74) is 0. The molecule has 1 saturated heterocycles. The predicted molar refractivity (Wildman–Crippen MR) is 80.3 cm³/mol. The van der Waals surface area contributed by atoms with Gasteiger partial charge in [-0.3, -0.25) is 0 Å². The molecule has 3 heteroatoms. The van der Waals surface area contributed by atoms with E-state index in [9.17, 15) is 0 Å². The summed E-state index contributed by atoms with van der Waals surface area (Å²) in [7, 11) is 0. The van der Waals surface area contributed by atoms with Crippen LogP contribution < -0.4 is 5.32 Å². The third kappa shape index (κ3) is 4.08. The summed E-state index contributed by atoms with van der Waals surface area (Å²) >= 11 is 1.89. The highest BCUT2D eigenvalue weighted by Crippen LogP contribution is 2.14. The second-order valence-corrected chi connectivity index (χ2v) is 6.46. The lowest BCUT2D eigenvalue weighted by atomic mass is 9.99. The van der Waals surface area contributed by atoms with E-state index < -0.39 is 0 Å². The highest BCUT2D eigenvalue weighted by atomic mass is 32.1. The summed E-state index contributed by atoms with van der Waals surface area (Å²) in [5, 5.41) is 5.90. The van der Waals surface area contributed by atoms with Crippen molar-refractivity contribution in [3.8, 4) is 0 Å². The molecule has 102 valence electrons. The molecule has 2 atom stereocenters. The molecule has 2 nitrogen and oxygen atoms in total. The van der Waals surface area contributed by atoms with E-state index in [4.69, 9.17) is 0 Å². The fourth-order valence-corrected chi connectivity index (χ4v) is 3.31. The molecule has 0 radical (unpaired) electrons. The smallest absolute Gasteiger partial charge is 0.0220 e. The number of nitrogens with zero attached hydrogens (tertiary/aromatic N) is 1. The highest BCUT2D eigenvalue weighted by molar-refractivity contribution is 7.09. The SMILES string of the molecule is CCC(C)C1CN(CCc2cccs2)CCCN1. The van der Waals surface area contributed by atoms with Gasteiger partial charge in [-0.25, -0.2) is 0 Å². The van der Waals surface area contributed by atoms with Gasteiger partial charge in [0.15, 0.2) is 0 Å². The van der Waals surface area contributed by atoms with E-state index in [0.717, 1.165) is 5.92 Å². The van der Waals surface area contributed by atoms with E-state index in [1.54, 1.807) is 0 Å². The Hall–Kier alpha value is -0.380. The molecule has 0 aliphatic carbocycles. The quantitative estimate of drug-likeness (QED) is 0.881. The van der Waals surface area contributed by atoms with Gasteiger partial charge in [-0.15, -0.1) is 11.3 Å². The van der Waals surface area contributed by atoms with Crippen LogP contribution in [-0.2, 0) is 6.42 Å². The molecule has 18 heavy (non-hydrogen) atoms. The third-order valence-electron chi connectivity index (χ3n) is 4.10. The van der Waals surface area contributed by atoms with Crippen molar-refractivity contribution in [2.24, 2.45) is 5.92 Å². The van der Waals surface area contributed by atoms with Crippen LogP contribution in [0.5, 0.6) is 0 Å². The summed E-state index contributed by atoms with van der Waals surface area (Å²) in [4.78, 5) is 4.17. The van der Waals surface area contributed by atoms with Crippen LogP contribution in [0.2, 0.25) is 0 Å². The van der Waals surface area contributed by atoms with Crippen molar-refractivity contribution in [1.82, 2.24) is 10.2 Å². The van der Waals surface area contributed by atoms with E-state index in [-0.39, 0.29) is 0 Å². The Balaban J connectivity index is 1.83. The third-order valence-corrected chi connectivity index (χ3v) is 5.03. The summed E-state index contributed by atoms with van der Waals surface area (Å²) in [6.07, 6.45) is 3.78. The second-order valence-electron chi connectivity index (χ2n) is 5.43. The predicted octanol–water partition coefficient (Wildman–Crippen LogP) is 3.00. The molecule has 1 aromatic rings. The molecule has 0 aromatic carbocycles. The Kier molecular flexibility index (Phi) is 5.67. The second kappa shape index (κ2) is 7.27. The van der Waals surface area contributed by atoms with Gasteiger partial charge < -0.3 is 10.2 Å². The van der Waals surface area contributed by atoms with Crippen LogP contribution in [0.1, 0.15) is 31.6 Å². The maximum absolute atomic E-state index is 3.72. The van der Waals surface area contributed by atoms with Crippen LogP contribution in [0.25, 0.3) is 0 Å². The van der Waals surface area contributed by atoms with Gasteiger partial charge in [0.25, 0.3) is 0 Å². The normalized spacial score (nSPS) is 23.8. The van der Waals surface area contributed by atoms with Crippen LogP contribution in [0.3, 0.4) is 0 Å². The van der Waals surface area contributed by atoms with Gasteiger partial charge >= 0.3 is 0 Å². The highest BCUT2D eigenvalue weighted by Gasteiger charge is 2.21. The molecule has 1 N–H and O–H groups in total. The lowest BCUT2D eigenvalue weighted by Crippen LogP contribution is -2.42. The molecule has 1 aliphatic heterocycles. The number of rotatable bonds is 5. The molecule has 1 aromatic heterocycles. The van der Waals surface area contributed by atoms with E-state index in [1.165, 1.54) is 50.3 Å². The molecular formula is C15H26N2S. The van der Waals surface area contributed by atoms with Gasteiger partial charge in [0.05, 0.1) is 0 Å². The van der Waals surface area contributed by atoms with Gasteiger partial charge in [0.2, 0.25) is 0 Å².